The third-order valence-corrected chi connectivity index (χ3v) is 5.66. The summed E-state index contributed by atoms with van der Waals surface area (Å²) in [5, 5.41) is 7.03. The minimum Gasteiger partial charge on any atom is -0.477 e. The van der Waals surface area contributed by atoms with Gasteiger partial charge in [0.1, 0.15) is 0 Å². The summed E-state index contributed by atoms with van der Waals surface area (Å²) in [7, 11) is 1.83. The van der Waals surface area contributed by atoms with E-state index in [1.165, 1.54) is 38.6 Å². The van der Waals surface area contributed by atoms with E-state index in [0.29, 0.717) is 19.2 Å². The van der Waals surface area contributed by atoms with Crippen molar-refractivity contribution in [1.82, 2.24) is 20.5 Å². The SMILES string of the molecule is CCCCOc1ncccc1CNC(=NC)NC1CCN(C2CCCC2)C1. The molecule has 1 unspecified atom stereocenters. The fourth-order valence-electron chi connectivity index (χ4n) is 4.07. The highest BCUT2D eigenvalue weighted by atomic mass is 16.5. The van der Waals surface area contributed by atoms with E-state index >= 15 is 0 Å². The van der Waals surface area contributed by atoms with Gasteiger partial charge >= 0.3 is 0 Å². The number of likely N-dealkylation sites (tertiary alicyclic amines) is 1. The van der Waals surface area contributed by atoms with Gasteiger partial charge in [0.15, 0.2) is 5.96 Å². The number of pyridine rings is 1. The zero-order chi connectivity index (χ0) is 18.9. The monoisotopic (exact) mass is 373 g/mol. The first-order chi connectivity index (χ1) is 13.3. The van der Waals surface area contributed by atoms with Crippen LogP contribution in [0.1, 0.15) is 57.4 Å². The summed E-state index contributed by atoms with van der Waals surface area (Å²) < 4.78 is 5.83. The smallest absolute Gasteiger partial charge is 0.218 e. The van der Waals surface area contributed by atoms with Gasteiger partial charge < -0.3 is 15.4 Å². The number of hydrogen-bond donors (Lipinski definition) is 2. The molecule has 2 heterocycles. The summed E-state index contributed by atoms with van der Waals surface area (Å²) in [5.41, 5.74) is 1.07. The summed E-state index contributed by atoms with van der Waals surface area (Å²) in [5.74, 6) is 1.58. The Morgan fingerprint density at radius 1 is 1.33 bits per heavy atom. The van der Waals surface area contributed by atoms with Crippen LogP contribution in [0.4, 0.5) is 0 Å². The summed E-state index contributed by atoms with van der Waals surface area (Å²) in [6.45, 7) is 5.87. The van der Waals surface area contributed by atoms with Crippen molar-refractivity contribution < 1.29 is 4.74 Å². The molecule has 3 rings (SSSR count). The predicted molar refractivity (Wildman–Crippen MR) is 110 cm³/mol. The lowest BCUT2D eigenvalue weighted by atomic mass is 10.2. The van der Waals surface area contributed by atoms with Crippen LogP contribution in [-0.2, 0) is 6.54 Å². The molecule has 2 aliphatic rings. The minimum atomic E-state index is 0.478. The highest BCUT2D eigenvalue weighted by molar-refractivity contribution is 5.80. The molecule has 6 heteroatoms. The fraction of sp³-hybridized carbons (Fsp3) is 0.714. The molecule has 2 N–H and O–H groups in total. The number of aliphatic imine (C=N–C) groups is 1. The van der Waals surface area contributed by atoms with Gasteiger partial charge in [0, 0.05) is 50.5 Å². The lowest BCUT2D eigenvalue weighted by molar-refractivity contribution is 0.242. The van der Waals surface area contributed by atoms with E-state index in [0.717, 1.165) is 42.8 Å². The third-order valence-electron chi connectivity index (χ3n) is 5.66. The lowest BCUT2D eigenvalue weighted by Crippen LogP contribution is -2.45. The first kappa shape index (κ1) is 19.9. The third kappa shape index (κ3) is 5.83. The number of nitrogens with one attached hydrogen (secondary N) is 2. The molecule has 2 fully saturated rings. The van der Waals surface area contributed by atoms with Crippen molar-refractivity contribution in [1.29, 1.82) is 0 Å². The van der Waals surface area contributed by atoms with Gasteiger partial charge in [0.05, 0.1) is 6.61 Å². The number of unbranched alkanes of at least 4 members (excludes halogenated alkanes) is 1. The number of rotatable bonds is 8. The second-order valence-electron chi connectivity index (χ2n) is 7.66. The fourth-order valence-corrected chi connectivity index (χ4v) is 4.07. The van der Waals surface area contributed by atoms with E-state index in [1.54, 1.807) is 6.20 Å². The van der Waals surface area contributed by atoms with Crippen molar-refractivity contribution in [3.8, 4) is 5.88 Å². The molecule has 1 saturated carbocycles. The van der Waals surface area contributed by atoms with Crippen molar-refractivity contribution in [3.05, 3.63) is 23.9 Å². The van der Waals surface area contributed by atoms with Gasteiger partial charge in [-0.15, -0.1) is 0 Å². The van der Waals surface area contributed by atoms with E-state index in [9.17, 15) is 0 Å². The highest BCUT2D eigenvalue weighted by Crippen LogP contribution is 2.26. The Kier molecular flexibility index (Phi) is 7.75. The molecular weight excluding hydrogens is 338 g/mol. The molecule has 0 bridgehead atoms. The molecule has 1 saturated heterocycles. The minimum absolute atomic E-state index is 0.478. The normalized spacial score (nSPS) is 21.6. The highest BCUT2D eigenvalue weighted by Gasteiger charge is 2.30. The average Bonchev–Trinajstić information content (AvgIpc) is 3.38. The summed E-state index contributed by atoms with van der Waals surface area (Å²) >= 11 is 0. The van der Waals surface area contributed by atoms with Crippen LogP contribution in [0.2, 0.25) is 0 Å². The zero-order valence-corrected chi connectivity index (χ0v) is 16.9. The van der Waals surface area contributed by atoms with Crippen molar-refractivity contribution in [2.45, 2.75) is 70.5 Å². The van der Waals surface area contributed by atoms with Crippen LogP contribution < -0.4 is 15.4 Å². The van der Waals surface area contributed by atoms with E-state index in [4.69, 9.17) is 4.74 Å². The van der Waals surface area contributed by atoms with Crippen LogP contribution in [0, 0.1) is 0 Å². The lowest BCUT2D eigenvalue weighted by Gasteiger charge is -2.24. The molecule has 0 aromatic carbocycles. The topological polar surface area (TPSA) is 61.8 Å². The standard InChI is InChI=1S/C21H35N5O/c1-3-4-14-27-20-17(8-7-12-23-20)15-24-21(22-2)25-18-11-13-26(16-18)19-9-5-6-10-19/h7-8,12,18-19H,3-6,9-11,13-16H2,1-2H3,(H2,22,24,25). The Hall–Kier alpha value is -1.82. The molecule has 27 heavy (non-hydrogen) atoms. The molecule has 1 aliphatic carbocycles. The van der Waals surface area contributed by atoms with Gasteiger partial charge in [-0.05, 0) is 31.7 Å². The summed E-state index contributed by atoms with van der Waals surface area (Å²) in [4.78, 5) is 11.5. The van der Waals surface area contributed by atoms with E-state index in [2.05, 4.69) is 38.5 Å². The van der Waals surface area contributed by atoms with Crippen LogP contribution in [0.15, 0.2) is 23.3 Å². The molecule has 0 amide bonds. The predicted octanol–water partition coefficient (Wildman–Crippen LogP) is 2.94. The van der Waals surface area contributed by atoms with Gasteiger partial charge in [-0.3, -0.25) is 9.89 Å². The molecule has 0 radical (unpaired) electrons. The molecule has 1 aromatic heterocycles. The van der Waals surface area contributed by atoms with Crippen LogP contribution >= 0.6 is 0 Å². The Bertz CT molecular complexity index is 600. The maximum Gasteiger partial charge on any atom is 0.218 e. The second kappa shape index (κ2) is 10.5. The van der Waals surface area contributed by atoms with Crippen LogP contribution in [-0.4, -0.2) is 54.7 Å². The molecule has 1 aromatic rings. The number of aromatic nitrogens is 1. The van der Waals surface area contributed by atoms with Crippen molar-refractivity contribution in [2.24, 2.45) is 4.99 Å². The zero-order valence-electron chi connectivity index (χ0n) is 16.9. The van der Waals surface area contributed by atoms with E-state index in [1.807, 2.05) is 13.1 Å². The maximum absolute atomic E-state index is 5.83. The van der Waals surface area contributed by atoms with Gasteiger partial charge in [-0.1, -0.05) is 32.3 Å². The summed E-state index contributed by atoms with van der Waals surface area (Å²) in [6.07, 6.45) is 10.7. The van der Waals surface area contributed by atoms with Crippen LogP contribution in [0.25, 0.3) is 0 Å². The number of nitrogens with zero attached hydrogens (tertiary/aromatic N) is 3. The molecule has 1 aliphatic heterocycles. The van der Waals surface area contributed by atoms with Gasteiger partial charge in [0.25, 0.3) is 0 Å². The van der Waals surface area contributed by atoms with Crippen LogP contribution in [0.5, 0.6) is 5.88 Å². The number of ether oxygens (including phenoxy) is 1. The Morgan fingerprint density at radius 2 is 2.19 bits per heavy atom. The van der Waals surface area contributed by atoms with Gasteiger partial charge in [0.2, 0.25) is 5.88 Å². The first-order valence-electron chi connectivity index (χ1n) is 10.6. The Morgan fingerprint density at radius 3 is 2.96 bits per heavy atom. The Labute approximate surface area is 163 Å². The van der Waals surface area contributed by atoms with E-state index in [-0.39, 0.29) is 0 Å². The Balaban J connectivity index is 1.47. The van der Waals surface area contributed by atoms with Crippen molar-refractivity contribution in [3.63, 3.8) is 0 Å². The maximum atomic E-state index is 5.83. The molecule has 0 spiro atoms. The van der Waals surface area contributed by atoms with Crippen molar-refractivity contribution >= 4 is 5.96 Å². The molecule has 6 nitrogen and oxygen atoms in total. The van der Waals surface area contributed by atoms with Crippen LogP contribution in [0.3, 0.4) is 0 Å². The molecule has 1 atom stereocenters. The average molecular weight is 374 g/mol. The largest absolute Gasteiger partial charge is 0.477 e. The molecular formula is C21H35N5O. The quantitative estimate of drug-likeness (QED) is 0.417. The number of hydrogen-bond acceptors (Lipinski definition) is 4. The summed E-state index contributed by atoms with van der Waals surface area (Å²) in [6, 6.07) is 5.30. The number of guanidine groups is 1. The first-order valence-corrected chi connectivity index (χ1v) is 10.6. The van der Waals surface area contributed by atoms with E-state index < -0.39 is 0 Å². The van der Waals surface area contributed by atoms with Gasteiger partial charge in [-0.25, -0.2) is 4.98 Å². The second-order valence-corrected chi connectivity index (χ2v) is 7.66. The van der Waals surface area contributed by atoms with Crippen molar-refractivity contribution in [2.75, 3.05) is 26.7 Å². The van der Waals surface area contributed by atoms with Gasteiger partial charge in [-0.2, -0.15) is 0 Å². The molecule has 150 valence electrons.